The van der Waals surface area contributed by atoms with Crippen LogP contribution < -0.4 is 4.74 Å². The van der Waals surface area contributed by atoms with Crippen molar-refractivity contribution >= 4 is 16.7 Å². The van der Waals surface area contributed by atoms with Gasteiger partial charge in [0.15, 0.2) is 5.78 Å². The van der Waals surface area contributed by atoms with E-state index in [2.05, 4.69) is 4.98 Å². The van der Waals surface area contributed by atoms with Crippen molar-refractivity contribution in [1.29, 1.82) is 0 Å². The molecular formula is C12H10F3NO2. The Bertz CT molecular complexity index is 587. The van der Waals surface area contributed by atoms with Gasteiger partial charge in [-0.3, -0.25) is 4.79 Å². The average molecular weight is 257 g/mol. The second kappa shape index (κ2) is 4.36. The van der Waals surface area contributed by atoms with Crippen molar-refractivity contribution in [3.63, 3.8) is 0 Å². The van der Waals surface area contributed by atoms with Gasteiger partial charge in [0, 0.05) is 17.3 Å². The minimum absolute atomic E-state index is 0.000208. The van der Waals surface area contributed by atoms with E-state index in [-0.39, 0.29) is 5.56 Å². The topological polar surface area (TPSA) is 42.1 Å². The van der Waals surface area contributed by atoms with Crippen molar-refractivity contribution in [3.8, 4) is 5.75 Å². The summed E-state index contributed by atoms with van der Waals surface area (Å²) in [5.41, 5.74) is 0.569. The lowest BCUT2D eigenvalue weighted by atomic mass is 10.1. The van der Waals surface area contributed by atoms with E-state index < -0.39 is 18.4 Å². The predicted molar refractivity (Wildman–Crippen MR) is 59.9 cm³/mol. The normalized spacial score (nSPS) is 11.8. The number of aromatic amines is 1. The van der Waals surface area contributed by atoms with Crippen LogP contribution in [0.1, 0.15) is 16.8 Å². The van der Waals surface area contributed by atoms with Crippen molar-refractivity contribution in [3.05, 3.63) is 30.0 Å². The summed E-state index contributed by atoms with van der Waals surface area (Å²) in [6, 6.07) is 4.96. The molecule has 0 saturated heterocycles. The molecule has 0 aliphatic carbocycles. The fraction of sp³-hybridized carbons (Fsp3) is 0.250. The fourth-order valence-corrected chi connectivity index (χ4v) is 1.82. The van der Waals surface area contributed by atoms with Crippen molar-refractivity contribution < 1.29 is 22.7 Å². The van der Waals surface area contributed by atoms with E-state index >= 15 is 0 Å². The number of Topliss-reactive ketones (excluding diaryl/α,β-unsaturated/α-hetero) is 1. The maximum Gasteiger partial charge on any atom is 0.396 e. The number of hydrogen-bond acceptors (Lipinski definition) is 2. The number of H-pyrrole nitrogens is 1. The number of fused-ring (bicyclic) bond motifs is 1. The molecule has 0 amide bonds. The molecule has 6 heteroatoms. The molecule has 0 unspecified atom stereocenters. The number of carbonyl (C=O) groups excluding carboxylic acids is 1. The van der Waals surface area contributed by atoms with Crippen molar-refractivity contribution in [2.45, 2.75) is 12.6 Å². The number of methoxy groups -OCH3 is 1. The molecule has 18 heavy (non-hydrogen) atoms. The van der Waals surface area contributed by atoms with Crippen LogP contribution in [0.3, 0.4) is 0 Å². The van der Waals surface area contributed by atoms with Gasteiger partial charge in [-0.25, -0.2) is 0 Å². The number of alkyl halides is 3. The van der Waals surface area contributed by atoms with Crippen LogP contribution >= 0.6 is 0 Å². The van der Waals surface area contributed by atoms with Gasteiger partial charge in [-0.2, -0.15) is 13.2 Å². The van der Waals surface area contributed by atoms with E-state index in [9.17, 15) is 18.0 Å². The zero-order valence-corrected chi connectivity index (χ0v) is 9.47. The van der Waals surface area contributed by atoms with Crippen LogP contribution in [0.15, 0.2) is 24.4 Å². The van der Waals surface area contributed by atoms with Gasteiger partial charge in [0.05, 0.1) is 12.5 Å². The summed E-state index contributed by atoms with van der Waals surface area (Å²) in [6.45, 7) is 0. The van der Waals surface area contributed by atoms with E-state index in [0.29, 0.717) is 16.7 Å². The summed E-state index contributed by atoms with van der Waals surface area (Å²) in [4.78, 5) is 14.4. The third-order valence-corrected chi connectivity index (χ3v) is 2.55. The number of nitrogens with one attached hydrogen (secondary N) is 1. The average Bonchev–Trinajstić information content (AvgIpc) is 2.70. The standard InChI is InChI=1S/C12H10F3NO2/c1-18-10-4-2-3-8-11(10)7(6-16-8)9(17)5-12(13,14)15/h2-4,6,16H,5H2,1H3. The van der Waals surface area contributed by atoms with Gasteiger partial charge in [0.2, 0.25) is 0 Å². The minimum Gasteiger partial charge on any atom is -0.496 e. The number of benzene rings is 1. The van der Waals surface area contributed by atoms with E-state index in [1.807, 2.05) is 0 Å². The molecule has 0 aliphatic rings. The van der Waals surface area contributed by atoms with Gasteiger partial charge in [-0.05, 0) is 12.1 Å². The molecule has 2 aromatic rings. The molecule has 96 valence electrons. The number of rotatable bonds is 3. The van der Waals surface area contributed by atoms with E-state index in [1.165, 1.54) is 13.3 Å². The summed E-state index contributed by atoms with van der Waals surface area (Å²) >= 11 is 0. The Morgan fingerprint density at radius 1 is 1.39 bits per heavy atom. The summed E-state index contributed by atoms with van der Waals surface area (Å²) < 4.78 is 41.7. The van der Waals surface area contributed by atoms with Gasteiger partial charge < -0.3 is 9.72 Å². The molecule has 2 rings (SSSR count). The second-order valence-electron chi connectivity index (χ2n) is 3.80. The minimum atomic E-state index is -4.51. The van der Waals surface area contributed by atoms with Gasteiger partial charge >= 0.3 is 6.18 Å². The lowest BCUT2D eigenvalue weighted by molar-refractivity contribution is -0.125. The number of ether oxygens (including phenoxy) is 1. The van der Waals surface area contributed by atoms with Gasteiger partial charge in [0.1, 0.15) is 12.2 Å². The highest BCUT2D eigenvalue weighted by atomic mass is 19.4. The Labute approximate surface area is 101 Å². The summed E-state index contributed by atoms with van der Waals surface area (Å²) in [5.74, 6) is -0.600. The first-order valence-corrected chi connectivity index (χ1v) is 5.16. The Morgan fingerprint density at radius 3 is 2.72 bits per heavy atom. The molecule has 0 spiro atoms. The molecule has 0 bridgehead atoms. The van der Waals surface area contributed by atoms with Crippen molar-refractivity contribution in [2.24, 2.45) is 0 Å². The largest absolute Gasteiger partial charge is 0.496 e. The maximum atomic E-state index is 12.2. The van der Waals surface area contributed by atoms with Crippen LogP contribution in [0, 0.1) is 0 Å². The van der Waals surface area contributed by atoms with Gasteiger partial charge in [-0.1, -0.05) is 6.07 Å². The molecule has 1 aromatic heterocycles. The van der Waals surface area contributed by atoms with Crippen molar-refractivity contribution in [1.82, 2.24) is 4.98 Å². The quantitative estimate of drug-likeness (QED) is 0.857. The van der Waals surface area contributed by atoms with Crippen LogP contribution in [-0.2, 0) is 0 Å². The monoisotopic (exact) mass is 257 g/mol. The molecule has 0 fully saturated rings. The summed E-state index contributed by atoms with van der Waals surface area (Å²) in [7, 11) is 1.40. The highest BCUT2D eigenvalue weighted by molar-refractivity contribution is 6.10. The predicted octanol–water partition coefficient (Wildman–Crippen LogP) is 3.31. The van der Waals surface area contributed by atoms with Crippen LogP contribution in [0.25, 0.3) is 10.9 Å². The smallest absolute Gasteiger partial charge is 0.396 e. The molecule has 0 radical (unpaired) electrons. The van der Waals surface area contributed by atoms with Gasteiger partial charge in [-0.15, -0.1) is 0 Å². The molecule has 0 saturated carbocycles. The number of carbonyl (C=O) groups is 1. The molecule has 1 aromatic carbocycles. The van der Waals surface area contributed by atoms with Crippen molar-refractivity contribution in [2.75, 3.05) is 7.11 Å². The molecule has 1 heterocycles. The van der Waals surface area contributed by atoms with Crippen LogP contribution in [-0.4, -0.2) is 24.1 Å². The third-order valence-electron chi connectivity index (χ3n) is 2.55. The lowest BCUT2D eigenvalue weighted by Crippen LogP contribution is -2.14. The zero-order valence-electron chi connectivity index (χ0n) is 9.47. The van der Waals surface area contributed by atoms with E-state index in [0.717, 1.165) is 0 Å². The molecule has 1 N–H and O–H groups in total. The van der Waals surface area contributed by atoms with Crippen LogP contribution in [0.4, 0.5) is 13.2 Å². The number of halogens is 3. The first-order valence-electron chi connectivity index (χ1n) is 5.16. The number of ketones is 1. The molecule has 3 nitrogen and oxygen atoms in total. The first kappa shape index (κ1) is 12.5. The summed E-state index contributed by atoms with van der Waals surface area (Å²) in [5, 5.41) is 0.384. The fourth-order valence-electron chi connectivity index (χ4n) is 1.82. The first-order chi connectivity index (χ1) is 8.42. The summed E-state index contributed by atoms with van der Waals surface area (Å²) in [6.07, 6.45) is -4.71. The Kier molecular flexibility index (Phi) is 3.02. The molecule has 0 atom stereocenters. The second-order valence-corrected chi connectivity index (χ2v) is 3.80. The lowest BCUT2D eigenvalue weighted by Gasteiger charge is -2.06. The van der Waals surface area contributed by atoms with E-state index in [4.69, 9.17) is 4.74 Å². The number of hydrogen-bond donors (Lipinski definition) is 1. The zero-order chi connectivity index (χ0) is 13.3. The number of aromatic nitrogens is 1. The Morgan fingerprint density at radius 2 is 2.11 bits per heavy atom. The highest BCUT2D eigenvalue weighted by Gasteiger charge is 2.32. The third kappa shape index (κ3) is 2.32. The van der Waals surface area contributed by atoms with E-state index in [1.54, 1.807) is 18.2 Å². The van der Waals surface area contributed by atoms with Gasteiger partial charge in [0.25, 0.3) is 0 Å². The maximum absolute atomic E-state index is 12.2. The van der Waals surface area contributed by atoms with Crippen LogP contribution in [0.5, 0.6) is 5.75 Å². The SMILES string of the molecule is COc1cccc2[nH]cc(C(=O)CC(F)(F)F)c12. The molecule has 0 aliphatic heterocycles. The van der Waals surface area contributed by atoms with Crippen LogP contribution in [0.2, 0.25) is 0 Å². The molecular weight excluding hydrogens is 247 g/mol. The highest BCUT2D eigenvalue weighted by Crippen LogP contribution is 2.31. The Hall–Kier alpha value is -1.98. The Balaban J connectivity index is 2.48.